The normalized spacial score (nSPS) is 16.5. The number of fused-ring (bicyclic) bond motifs is 1. The number of primary amides is 1. The van der Waals surface area contributed by atoms with E-state index in [1.165, 1.54) is 10.4 Å². The van der Waals surface area contributed by atoms with Gasteiger partial charge in [0.25, 0.3) is 0 Å². The minimum atomic E-state index is -0.463. The molecule has 1 aliphatic rings. The van der Waals surface area contributed by atoms with E-state index in [1.807, 2.05) is 11.0 Å². The zero-order valence-electron chi connectivity index (χ0n) is 13.6. The first-order valence-electron chi connectivity index (χ1n) is 8.09. The second-order valence-corrected chi connectivity index (χ2v) is 6.89. The minimum Gasteiger partial charge on any atom is -0.366 e. The fourth-order valence-electron chi connectivity index (χ4n) is 3.19. The molecule has 0 radical (unpaired) electrons. The topological polar surface area (TPSA) is 75.4 Å². The van der Waals surface area contributed by atoms with Gasteiger partial charge in [0.1, 0.15) is 0 Å². The maximum absolute atomic E-state index is 12.6. The van der Waals surface area contributed by atoms with Crippen molar-refractivity contribution in [2.24, 2.45) is 5.73 Å². The quantitative estimate of drug-likeness (QED) is 0.895. The molecule has 0 spiro atoms. The van der Waals surface area contributed by atoms with Crippen molar-refractivity contribution in [3.05, 3.63) is 57.3 Å². The molecule has 5 nitrogen and oxygen atoms in total. The van der Waals surface area contributed by atoms with E-state index in [4.69, 9.17) is 5.73 Å². The molecule has 1 aromatic heterocycles. The molecule has 0 fully saturated rings. The van der Waals surface area contributed by atoms with Crippen LogP contribution in [0.25, 0.3) is 0 Å². The fourth-order valence-corrected chi connectivity index (χ4v) is 4.12. The van der Waals surface area contributed by atoms with Crippen molar-refractivity contribution in [3.8, 4) is 0 Å². The summed E-state index contributed by atoms with van der Waals surface area (Å²) < 4.78 is 0. The zero-order valence-corrected chi connectivity index (χ0v) is 14.4. The highest BCUT2D eigenvalue weighted by atomic mass is 32.1. The lowest BCUT2D eigenvalue weighted by molar-refractivity contribution is 0.1000. The smallest absolute Gasteiger partial charge is 0.318 e. The monoisotopic (exact) mass is 343 g/mol. The number of rotatable bonds is 4. The number of thiophene rings is 1. The van der Waals surface area contributed by atoms with E-state index in [0.29, 0.717) is 12.1 Å². The molecule has 2 aromatic rings. The Kier molecular flexibility index (Phi) is 4.85. The second-order valence-electron chi connectivity index (χ2n) is 5.89. The van der Waals surface area contributed by atoms with Crippen molar-refractivity contribution in [2.45, 2.75) is 32.4 Å². The maximum atomic E-state index is 12.6. The number of nitrogens with two attached hydrogens (primary N) is 1. The van der Waals surface area contributed by atoms with Crippen LogP contribution in [0.2, 0.25) is 0 Å². The van der Waals surface area contributed by atoms with E-state index in [1.54, 1.807) is 29.5 Å². The summed E-state index contributed by atoms with van der Waals surface area (Å²) in [5.41, 5.74) is 7.89. The first-order chi connectivity index (χ1) is 11.6. The van der Waals surface area contributed by atoms with Gasteiger partial charge in [-0.15, -0.1) is 11.3 Å². The molecule has 0 saturated heterocycles. The van der Waals surface area contributed by atoms with Crippen LogP contribution in [0, 0.1) is 0 Å². The van der Waals surface area contributed by atoms with Crippen molar-refractivity contribution in [1.82, 2.24) is 10.2 Å². The van der Waals surface area contributed by atoms with Gasteiger partial charge in [0, 0.05) is 23.5 Å². The number of amides is 3. The summed E-state index contributed by atoms with van der Waals surface area (Å²) in [7, 11) is 0. The third kappa shape index (κ3) is 3.28. The molecule has 3 amide bonds. The van der Waals surface area contributed by atoms with Gasteiger partial charge in [-0.05, 0) is 47.5 Å². The van der Waals surface area contributed by atoms with E-state index in [2.05, 4.69) is 23.7 Å². The Morgan fingerprint density at radius 3 is 2.96 bits per heavy atom. The number of carbonyl (C=O) groups is 2. The standard InChI is InChI=1S/C18H21N3O2S/c1-2-15-14-7-9-24-16(14)6-8-21(15)18(23)20-11-12-4-3-5-13(10-12)17(19)22/h3-5,7,9-10,15H,2,6,8,11H2,1H3,(H2,19,22)(H,20,23). The lowest BCUT2D eigenvalue weighted by Gasteiger charge is -2.35. The summed E-state index contributed by atoms with van der Waals surface area (Å²) in [6.07, 6.45) is 1.81. The van der Waals surface area contributed by atoms with Gasteiger partial charge in [-0.3, -0.25) is 4.79 Å². The number of hydrogen-bond donors (Lipinski definition) is 2. The van der Waals surface area contributed by atoms with Crippen LogP contribution in [-0.2, 0) is 13.0 Å². The van der Waals surface area contributed by atoms with E-state index in [9.17, 15) is 9.59 Å². The van der Waals surface area contributed by atoms with Gasteiger partial charge >= 0.3 is 6.03 Å². The van der Waals surface area contributed by atoms with E-state index in [-0.39, 0.29) is 12.1 Å². The molecular formula is C18H21N3O2S. The van der Waals surface area contributed by atoms with Gasteiger partial charge in [0.15, 0.2) is 0 Å². The number of hydrogen-bond acceptors (Lipinski definition) is 3. The Balaban J connectivity index is 1.67. The van der Waals surface area contributed by atoms with Crippen LogP contribution in [0.1, 0.15) is 45.7 Å². The minimum absolute atomic E-state index is 0.0665. The molecule has 1 unspecified atom stereocenters. The average molecular weight is 343 g/mol. The van der Waals surface area contributed by atoms with Crippen molar-refractivity contribution >= 4 is 23.3 Å². The Bertz CT molecular complexity index is 756. The molecule has 0 saturated carbocycles. The molecule has 24 heavy (non-hydrogen) atoms. The largest absolute Gasteiger partial charge is 0.366 e. The number of carbonyl (C=O) groups excluding carboxylic acids is 2. The molecule has 3 rings (SSSR count). The van der Waals surface area contributed by atoms with Crippen LogP contribution < -0.4 is 11.1 Å². The summed E-state index contributed by atoms with van der Waals surface area (Å²) in [6, 6.07) is 9.23. The first-order valence-corrected chi connectivity index (χ1v) is 8.97. The molecule has 126 valence electrons. The van der Waals surface area contributed by atoms with Crippen LogP contribution in [0.5, 0.6) is 0 Å². The Morgan fingerprint density at radius 1 is 1.38 bits per heavy atom. The lowest BCUT2D eigenvalue weighted by atomic mass is 9.98. The van der Waals surface area contributed by atoms with Gasteiger partial charge in [-0.1, -0.05) is 19.1 Å². The molecule has 0 aliphatic carbocycles. The highest BCUT2D eigenvalue weighted by Gasteiger charge is 2.30. The molecule has 2 heterocycles. The predicted octanol–water partition coefficient (Wildman–Crippen LogP) is 3.07. The summed E-state index contributed by atoms with van der Waals surface area (Å²) in [5.74, 6) is -0.463. The van der Waals surface area contributed by atoms with Crippen molar-refractivity contribution in [3.63, 3.8) is 0 Å². The Hall–Kier alpha value is -2.34. The van der Waals surface area contributed by atoms with E-state index >= 15 is 0 Å². The van der Waals surface area contributed by atoms with Crippen LogP contribution in [0.15, 0.2) is 35.7 Å². The van der Waals surface area contributed by atoms with Crippen LogP contribution in [0.4, 0.5) is 4.79 Å². The third-order valence-corrected chi connectivity index (χ3v) is 5.39. The lowest BCUT2D eigenvalue weighted by Crippen LogP contribution is -2.44. The number of benzene rings is 1. The van der Waals surface area contributed by atoms with Crippen LogP contribution in [-0.4, -0.2) is 23.4 Å². The zero-order chi connectivity index (χ0) is 17.1. The molecule has 3 N–H and O–H groups in total. The fraction of sp³-hybridized carbons (Fsp3) is 0.333. The molecule has 1 atom stereocenters. The molecular weight excluding hydrogens is 322 g/mol. The summed E-state index contributed by atoms with van der Waals surface area (Å²) in [5, 5.41) is 5.06. The van der Waals surface area contributed by atoms with Crippen molar-refractivity contribution in [1.29, 1.82) is 0 Å². The van der Waals surface area contributed by atoms with Gasteiger partial charge in [0.2, 0.25) is 5.91 Å². The average Bonchev–Trinajstić information content (AvgIpc) is 3.07. The predicted molar refractivity (Wildman–Crippen MR) is 95.0 cm³/mol. The van der Waals surface area contributed by atoms with E-state index < -0.39 is 5.91 Å². The number of urea groups is 1. The van der Waals surface area contributed by atoms with Crippen molar-refractivity contribution < 1.29 is 9.59 Å². The number of nitrogens with zero attached hydrogens (tertiary/aromatic N) is 1. The van der Waals surface area contributed by atoms with Crippen LogP contribution >= 0.6 is 11.3 Å². The summed E-state index contributed by atoms with van der Waals surface area (Å²) >= 11 is 1.77. The molecule has 6 heteroatoms. The maximum Gasteiger partial charge on any atom is 0.318 e. The van der Waals surface area contributed by atoms with Crippen LogP contribution in [0.3, 0.4) is 0 Å². The molecule has 0 bridgehead atoms. The Morgan fingerprint density at radius 2 is 2.21 bits per heavy atom. The van der Waals surface area contributed by atoms with Gasteiger partial charge in [0.05, 0.1) is 6.04 Å². The highest BCUT2D eigenvalue weighted by molar-refractivity contribution is 7.10. The first kappa shape index (κ1) is 16.5. The summed E-state index contributed by atoms with van der Waals surface area (Å²) in [6.45, 7) is 3.22. The van der Waals surface area contributed by atoms with Crippen molar-refractivity contribution in [2.75, 3.05) is 6.54 Å². The highest BCUT2D eigenvalue weighted by Crippen LogP contribution is 2.35. The second kappa shape index (κ2) is 7.05. The van der Waals surface area contributed by atoms with Gasteiger partial charge < -0.3 is 16.0 Å². The molecule has 1 aliphatic heterocycles. The molecule has 1 aromatic carbocycles. The number of nitrogens with one attached hydrogen (secondary N) is 1. The Labute approximate surface area is 145 Å². The van der Waals surface area contributed by atoms with E-state index in [0.717, 1.165) is 24.9 Å². The third-order valence-electron chi connectivity index (χ3n) is 4.40. The summed E-state index contributed by atoms with van der Waals surface area (Å²) in [4.78, 5) is 27.2. The SMILES string of the molecule is CCC1c2ccsc2CCN1C(=O)NCc1cccc(C(N)=O)c1. The van der Waals surface area contributed by atoms with Gasteiger partial charge in [-0.2, -0.15) is 0 Å². The van der Waals surface area contributed by atoms with Gasteiger partial charge in [-0.25, -0.2) is 4.79 Å².